The molecule has 0 saturated heterocycles. The van der Waals surface area contributed by atoms with Gasteiger partial charge in [0.25, 0.3) is 5.91 Å². The molecule has 0 aliphatic rings. The first kappa shape index (κ1) is 24.4. The number of carbonyl (C=O) groups excluding carboxylic acids is 1. The van der Waals surface area contributed by atoms with Crippen LogP contribution in [0, 0.1) is 0 Å². The first-order valence-corrected chi connectivity index (χ1v) is 11.6. The lowest BCUT2D eigenvalue weighted by Crippen LogP contribution is -2.26. The van der Waals surface area contributed by atoms with Crippen LogP contribution in [0.2, 0.25) is 5.02 Å². The van der Waals surface area contributed by atoms with Gasteiger partial charge in [0.2, 0.25) is 0 Å². The number of nitrogens with zero attached hydrogens (tertiary/aromatic N) is 2. The molecule has 0 spiro atoms. The summed E-state index contributed by atoms with van der Waals surface area (Å²) in [6.07, 6.45) is 1.61. The highest BCUT2D eigenvalue weighted by atomic mass is 35.5. The van der Waals surface area contributed by atoms with E-state index in [4.69, 9.17) is 11.6 Å². The molecule has 1 amide bonds. The van der Waals surface area contributed by atoms with Gasteiger partial charge in [0.1, 0.15) is 5.75 Å². The van der Waals surface area contributed by atoms with Crippen molar-refractivity contribution in [2.75, 3.05) is 13.2 Å². The van der Waals surface area contributed by atoms with E-state index in [0.717, 1.165) is 28.4 Å². The van der Waals surface area contributed by atoms with Crippen molar-refractivity contribution in [2.24, 2.45) is 5.10 Å². The van der Waals surface area contributed by atoms with Crippen molar-refractivity contribution < 1.29 is 15.0 Å². The number of phenolic OH excluding ortho intramolecular Hbond substituents is 1. The molecule has 0 heterocycles. The molecular formula is C28H26ClN3O3. The summed E-state index contributed by atoms with van der Waals surface area (Å²) >= 11 is 5.88. The lowest BCUT2D eigenvalue weighted by atomic mass is 9.99. The number of hydrogen-bond donors (Lipinski definition) is 3. The maximum atomic E-state index is 12.4. The zero-order chi connectivity index (χ0) is 24.6. The van der Waals surface area contributed by atoms with Gasteiger partial charge in [-0.05, 0) is 40.1 Å². The second kappa shape index (κ2) is 11.6. The monoisotopic (exact) mass is 487 g/mol. The SMILES string of the molecule is O=C(N/N=C/c1ccc(CN(CCO)Cc2ccccc2)c2ccccc12)c1ccc(O)c(Cl)c1. The first-order valence-electron chi connectivity index (χ1n) is 11.2. The zero-order valence-corrected chi connectivity index (χ0v) is 19.8. The van der Waals surface area contributed by atoms with Crippen molar-refractivity contribution in [2.45, 2.75) is 13.1 Å². The van der Waals surface area contributed by atoms with Gasteiger partial charge in [0.05, 0.1) is 17.8 Å². The number of benzene rings is 4. The highest BCUT2D eigenvalue weighted by Crippen LogP contribution is 2.25. The average molecular weight is 488 g/mol. The predicted molar refractivity (Wildman–Crippen MR) is 140 cm³/mol. The Morgan fingerprint density at radius 1 is 0.943 bits per heavy atom. The highest BCUT2D eigenvalue weighted by Gasteiger charge is 2.11. The Kier molecular flexibility index (Phi) is 8.11. The Hall–Kier alpha value is -3.71. The second-order valence-corrected chi connectivity index (χ2v) is 8.55. The number of fused-ring (bicyclic) bond motifs is 1. The standard InChI is InChI=1S/C28H26ClN3O3/c29-26-16-21(12-13-27(26)34)28(35)31-30-17-22-10-11-23(25-9-5-4-8-24(22)25)19-32(14-15-33)18-20-6-2-1-3-7-20/h1-13,16-17,33-34H,14-15,18-19H2,(H,31,35)/b30-17+. The molecule has 0 aromatic heterocycles. The first-order chi connectivity index (χ1) is 17.0. The summed E-state index contributed by atoms with van der Waals surface area (Å²) in [6, 6.07) is 26.5. The van der Waals surface area contributed by atoms with Crippen molar-refractivity contribution in [1.29, 1.82) is 0 Å². The third kappa shape index (κ3) is 6.25. The van der Waals surface area contributed by atoms with Gasteiger partial charge >= 0.3 is 0 Å². The van der Waals surface area contributed by atoms with E-state index in [-0.39, 0.29) is 17.4 Å². The normalized spacial score (nSPS) is 11.4. The van der Waals surface area contributed by atoms with Crippen LogP contribution in [0.4, 0.5) is 0 Å². The summed E-state index contributed by atoms with van der Waals surface area (Å²) in [5.74, 6) is -0.510. The maximum absolute atomic E-state index is 12.4. The number of nitrogens with one attached hydrogen (secondary N) is 1. The van der Waals surface area contributed by atoms with Crippen LogP contribution < -0.4 is 5.43 Å². The number of aromatic hydroxyl groups is 1. The van der Waals surface area contributed by atoms with Gasteiger partial charge in [-0.25, -0.2) is 5.43 Å². The van der Waals surface area contributed by atoms with E-state index in [1.54, 1.807) is 6.21 Å². The van der Waals surface area contributed by atoms with Gasteiger partial charge in [-0.3, -0.25) is 9.69 Å². The molecular weight excluding hydrogens is 462 g/mol. The minimum atomic E-state index is -0.426. The number of aliphatic hydroxyl groups excluding tert-OH is 1. The molecule has 4 aromatic rings. The average Bonchev–Trinajstić information content (AvgIpc) is 2.87. The smallest absolute Gasteiger partial charge is 0.271 e. The van der Waals surface area contributed by atoms with Crippen molar-refractivity contribution >= 4 is 34.5 Å². The molecule has 6 nitrogen and oxygen atoms in total. The Balaban J connectivity index is 1.53. The van der Waals surface area contributed by atoms with Crippen molar-refractivity contribution in [3.8, 4) is 5.75 Å². The molecule has 0 aliphatic carbocycles. The summed E-state index contributed by atoms with van der Waals surface area (Å²) in [5, 5.41) is 25.4. The molecule has 0 bridgehead atoms. The van der Waals surface area contributed by atoms with E-state index in [0.29, 0.717) is 18.7 Å². The maximum Gasteiger partial charge on any atom is 0.271 e. The topological polar surface area (TPSA) is 85.2 Å². The van der Waals surface area contributed by atoms with Crippen molar-refractivity contribution in [3.05, 3.63) is 112 Å². The van der Waals surface area contributed by atoms with E-state index in [1.165, 1.54) is 23.8 Å². The lowest BCUT2D eigenvalue weighted by molar-refractivity contribution is 0.0955. The van der Waals surface area contributed by atoms with Crippen LogP contribution in [0.1, 0.15) is 27.0 Å². The fourth-order valence-corrected chi connectivity index (χ4v) is 4.13. The molecule has 4 rings (SSSR count). The Labute approximate surface area is 209 Å². The van der Waals surface area contributed by atoms with Crippen LogP contribution in [0.25, 0.3) is 10.8 Å². The van der Waals surface area contributed by atoms with Gasteiger partial charge < -0.3 is 10.2 Å². The van der Waals surface area contributed by atoms with Gasteiger partial charge in [-0.1, -0.05) is 78.3 Å². The molecule has 7 heteroatoms. The molecule has 0 unspecified atom stereocenters. The summed E-state index contributed by atoms with van der Waals surface area (Å²) in [7, 11) is 0. The van der Waals surface area contributed by atoms with E-state index >= 15 is 0 Å². The lowest BCUT2D eigenvalue weighted by Gasteiger charge is -2.22. The molecule has 0 atom stereocenters. The fourth-order valence-electron chi connectivity index (χ4n) is 3.95. The Bertz CT molecular complexity index is 1340. The molecule has 4 aromatic carbocycles. The van der Waals surface area contributed by atoms with Crippen LogP contribution in [0.15, 0.2) is 90.0 Å². The van der Waals surface area contributed by atoms with Crippen LogP contribution in [-0.4, -0.2) is 40.4 Å². The number of halogens is 1. The molecule has 0 aliphatic heterocycles. The van der Waals surface area contributed by atoms with Crippen molar-refractivity contribution in [3.63, 3.8) is 0 Å². The quantitative estimate of drug-likeness (QED) is 0.230. The summed E-state index contributed by atoms with van der Waals surface area (Å²) in [6.45, 7) is 2.08. The molecule has 3 N–H and O–H groups in total. The number of hydrogen-bond acceptors (Lipinski definition) is 5. The number of carbonyl (C=O) groups is 1. The minimum Gasteiger partial charge on any atom is -0.506 e. The van der Waals surface area contributed by atoms with Crippen molar-refractivity contribution in [1.82, 2.24) is 10.3 Å². The highest BCUT2D eigenvalue weighted by molar-refractivity contribution is 6.32. The summed E-state index contributed by atoms with van der Waals surface area (Å²) < 4.78 is 0. The van der Waals surface area contributed by atoms with Gasteiger partial charge in [0, 0.05) is 30.8 Å². The van der Waals surface area contributed by atoms with Gasteiger partial charge in [0.15, 0.2) is 0 Å². The van der Waals surface area contributed by atoms with E-state index in [9.17, 15) is 15.0 Å². The third-order valence-electron chi connectivity index (χ3n) is 5.69. The van der Waals surface area contributed by atoms with E-state index in [1.807, 2.05) is 42.5 Å². The molecule has 35 heavy (non-hydrogen) atoms. The minimum absolute atomic E-state index is 0.0837. The zero-order valence-electron chi connectivity index (χ0n) is 19.1. The number of hydrazone groups is 1. The number of aliphatic hydroxyl groups is 1. The fraction of sp³-hybridized carbons (Fsp3) is 0.143. The second-order valence-electron chi connectivity index (χ2n) is 8.14. The Morgan fingerprint density at radius 3 is 2.43 bits per heavy atom. The summed E-state index contributed by atoms with van der Waals surface area (Å²) in [4.78, 5) is 14.6. The van der Waals surface area contributed by atoms with Crippen LogP contribution in [0.5, 0.6) is 5.75 Å². The van der Waals surface area contributed by atoms with Gasteiger partial charge in [-0.2, -0.15) is 5.10 Å². The Morgan fingerprint density at radius 2 is 1.69 bits per heavy atom. The summed E-state index contributed by atoms with van der Waals surface area (Å²) in [5.41, 5.74) is 6.01. The van der Waals surface area contributed by atoms with Gasteiger partial charge in [-0.15, -0.1) is 0 Å². The number of rotatable bonds is 9. The number of phenols is 1. The largest absolute Gasteiger partial charge is 0.506 e. The van der Waals surface area contributed by atoms with Crippen LogP contribution >= 0.6 is 11.6 Å². The molecule has 0 radical (unpaired) electrons. The van der Waals surface area contributed by atoms with Crippen LogP contribution in [-0.2, 0) is 13.1 Å². The van der Waals surface area contributed by atoms with Crippen LogP contribution in [0.3, 0.4) is 0 Å². The molecule has 0 fully saturated rings. The van der Waals surface area contributed by atoms with E-state index < -0.39 is 5.91 Å². The van der Waals surface area contributed by atoms with E-state index in [2.05, 4.69) is 39.7 Å². The molecule has 178 valence electrons. The number of amides is 1. The predicted octanol–water partition coefficient (Wildman–Crippen LogP) is 4.96. The third-order valence-corrected chi connectivity index (χ3v) is 5.99. The molecule has 0 saturated carbocycles.